The molecule has 5 atom stereocenters. The van der Waals surface area contributed by atoms with Crippen molar-refractivity contribution in [3.63, 3.8) is 0 Å². The molecule has 0 radical (unpaired) electrons. The van der Waals surface area contributed by atoms with Crippen LogP contribution in [0.4, 0.5) is 0 Å². The van der Waals surface area contributed by atoms with Crippen LogP contribution in [0.25, 0.3) is 0 Å². The zero-order valence-corrected chi connectivity index (χ0v) is 35.9. The summed E-state index contributed by atoms with van der Waals surface area (Å²) in [4.78, 5) is 13.5. The van der Waals surface area contributed by atoms with Crippen LogP contribution >= 0.6 is 0 Å². The standard InChI is InChI=1S/C45H70O3Si2/c1-32(21-26-41(46)45(28-29-45)36-19-15-14-16-20-36)38-24-25-39-34(18-17-27-44(38,39)9)22-23-35-30-37(47-49(10,11)42(3,4)5)31-40(33(35)2)48-50(12,13)43(6,7)8/h14-16,19-23,37-40H,2,17-18,24-31H2,1,3-13H3/t37-,38-,39+,40+,44-/m1/s1. The van der Waals surface area contributed by atoms with Crippen molar-refractivity contribution in [1.29, 1.82) is 0 Å². The number of carbonyl (C=O) groups excluding carboxylic acids is 1. The number of benzene rings is 1. The van der Waals surface area contributed by atoms with Gasteiger partial charge in [-0.05, 0) is 129 Å². The van der Waals surface area contributed by atoms with Gasteiger partial charge in [0.1, 0.15) is 5.78 Å². The Kier molecular flexibility index (Phi) is 11.2. The van der Waals surface area contributed by atoms with Crippen molar-refractivity contribution >= 4 is 22.4 Å². The molecule has 1 aromatic carbocycles. The third-order valence-corrected chi connectivity index (χ3v) is 23.5. The summed E-state index contributed by atoms with van der Waals surface area (Å²) in [5.41, 5.74) is 6.74. The van der Waals surface area contributed by atoms with Crippen molar-refractivity contribution in [3.8, 4) is 0 Å². The first-order valence-corrected chi connectivity index (χ1v) is 25.6. The fraction of sp³-hybridized carbons (Fsp3) is 0.667. The number of hydrogen-bond acceptors (Lipinski definition) is 3. The highest BCUT2D eigenvalue weighted by molar-refractivity contribution is 6.74. The number of carbonyl (C=O) groups is 1. The summed E-state index contributed by atoms with van der Waals surface area (Å²) >= 11 is 0. The number of fused-ring (bicyclic) bond motifs is 1. The zero-order chi connectivity index (χ0) is 36.9. The SMILES string of the molecule is C=C1C(=CC=C2CCC[C@]3(C)[C@@H](C(C)=CCC(=O)C4(c5ccccc5)CC4)CC[C@@H]23)C[C@@H](O[Si](C)(C)C(C)(C)C)C[C@@H]1O[Si](C)(C)C(C)(C)C. The van der Waals surface area contributed by atoms with Crippen LogP contribution in [-0.2, 0) is 19.1 Å². The largest absolute Gasteiger partial charge is 0.413 e. The number of rotatable bonds is 10. The Labute approximate surface area is 308 Å². The summed E-state index contributed by atoms with van der Waals surface area (Å²) in [7, 11) is -3.95. The highest BCUT2D eigenvalue weighted by Crippen LogP contribution is 2.59. The van der Waals surface area contributed by atoms with Crippen LogP contribution in [0.5, 0.6) is 0 Å². The average molecular weight is 715 g/mol. The molecular formula is C45H70O3Si2. The Balaban J connectivity index is 1.35. The normalized spacial score (nSPS) is 30.9. The van der Waals surface area contributed by atoms with E-state index in [1.165, 1.54) is 48.8 Å². The van der Waals surface area contributed by atoms with Crippen LogP contribution < -0.4 is 0 Å². The van der Waals surface area contributed by atoms with Crippen molar-refractivity contribution < 1.29 is 13.6 Å². The maximum absolute atomic E-state index is 13.5. The molecule has 0 aliphatic heterocycles. The maximum Gasteiger partial charge on any atom is 0.192 e. The molecule has 0 amide bonds. The Morgan fingerprint density at radius 3 is 2.14 bits per heavy atom. The number of allylic oxidation sites excluding steroid dienone is 5. The molecule has 0 unspecified atom stereocenters. The van der Waals surface area contributed by atoms with Gasteiger partial charge in [-0.3, -0.25) is 4.79 Å². The van der Waals surface area contributed by atoms with Crippen molar-refractivity contribution in [3.05, 3.63) is 83.0 Å². The minimum Gasteiger partial charge on any atom is -0.413 e. The molecule has 4 fully saturated rings. The van der Waals surface area contributed by atoms with Crippen LogP contribution in [0, 0.1) is 17.3 Å². The van der Waals surface area contributed by atoms with E-state index in [-0.39, 0.29) is 33.1 Å². The molecule has 3 nitrogen and oxygen atoms in total. The van der Waals surface area contributed by atoms with Gasteiger partial charge in [-0.25, -0.2) is 0 Å². The molecule has 1 aromatic rings. The Hall–Kier alpha value is -1.80. The van der Waals surface area contributed by atoms with Crippen LogP contribution in [-0.4, -0.2) is 34.6 Å². The predicted octanol–water partition coefficient (Wildman–Crippen LogP) is 12.8. The lowest BCUT2D eigenvalue weighted by Crippen LogP contribution is -2.49. The average Bonchev–Trinajstić information content (AvgIpc) is 3.75. The van der Waals surface area contributed by atoms with Crippen molar-refractivity contribution in [2.75, 3.05) is 0 Å². The number of ketones is 1. The van der Waals surface area contributed by atoms with E-state index in [4.69, 9.17) is 15.4 Å². The van der Waals surface area contributed by atoms with E-state index in [1.54, 1.807) is 5.57 Å². The van der Waals surface area contributed by atoms with Crippen LogP contribution in [0.3, 0.4) is 0 Å². The lowest BCUT2D eigenvalue weighted by atomic mass is 9.62. The van der Waals surface area contributed by atoms with Gasteiger partial charge in [-0.1, -0.05) is 115 Å². The van der Waals surface area contributed by atoms with E-state index in [2.05, 4.69) is 124 Å². The van der Waals surface area contributed by atoms with Gasteiger partial charge in [0.2, 0.25) is 0 Å². The smallest absolute Gasteiger partial charge is 0.192 e. The first-order chi connectivity index (χ1) is 23.1. The topological polar surface area (TPSA) is 35.5 Å². The zero-order valence-electron chi connectivity index (χ0n) is 33.9. The molecule has 5 rings (SSSR count). The minimum atomic E-state index is -2.00. The Bertz CT molecular complexity index is 1510. The quantitative estimate of drug-likeness (QED) is 0.179. The minimum absolute atomic E-state index is 0.00343. The maximum atomic E-state index is 13.5. The monoisotopic (exact) mass is 714 g/mol. The molecule has 0 spiro atoms. The van der Waals surface area contributed by atoms with E-state index >= 15 is 0 Å². The highest BCUT2D eigenvalue weighted by Gasteiger charge is 2.52. The summed E-state index contributed by atoms with van der Waals surface area (Å²) in [6.07, 6.45) is 17.9. The molecule has 0 aromatic heterocycles. The summed E-state index contributed by atoms with van der Waals surface area (Å²) in [6, 6.07) is 10.5. The fourth-order valence-electron chi connectivity index (χ4n) is 8.96. The second-order valence-electron chi connectivity index (χ2n) is 19.8. The van der Waals surface area contributed by atoms with E-state index in [9.17, 15) is 4.79 Å². The molecule has 4 aliphatic rings. The van der Waals surface area contributed by atoms with E-state index < -0.39 is 16.6 Å². The van der Waals surface area contributed by atoms with Crippen LogP contribution in [0.15, 0.2) is 77.4 Å². The van der Waals surface area contributed by atoms with Gasteiger partial charge in [0, 0.05) is 12.8 Å². The van der Waals surface area contributed by atoms with Gasteiger partial charge >= 0.3 is 0 Å². The second kappa shape index (κ2) is 14.2. The number of hydrogen-bond donors (Lipinski definition) is 0. The molecule has 276 valence electrons. The van der Waals surface area contributed by atoms with Crippen molar-refractivity contribution in [2.45, 2.75) is 173 Å². The second-order valence-corrected chi connectivity index (χ2v) is 29.3. The third-order valence-electron chi connectivity index (χ3n) is 14.5. The van der Waals surface area contributed by atoms with Gasteiger partial charge in [-0.2, -0.15) is 0 Å². The van der Waals surface area contributed by atoms with Crippen molar-refractivity contribution in [1.82, 2.24) is 0 Å². The molecule has 4 aliphatic carbocycles. The van der Waals surface area contributed by atoms with E-state index in [1.807, 2.05) is 6.07 Å². The molecule has 4 saturated carbocycles. The van der Waals surface area contributed by atoms with Gasteiger partial charge in [-0.15, -0.1) is 0 Å². The molecule has 0 heterocycles. The van der Waals surface area contributed by atoms with E-state index in [0.29, 0.717) is 24.0 Å². The molecule has 5 heteroatoms. The molecular weight excluding hydrogens is 645 g/mol. The molecule has 50 heavy (non-hydrogen) atoms. The first kappa shape index (κ1) is 39.4. The third kappa shape index (κ3) is 7.92. The highest BCUT2D eigenvalue weighted by atomic mass is 28.4. The summed E-state index contributed by atoms with van der Waals surface area (Å²) in [6.45, 7) is 33.0. The Morgan fingerprint density at radius 2 is 1.54 bits per heavy atom. The first-order valence-electron chi connectivity index (χ1n) is 19.8. The number of Topliss-reactive ketones (excluding diaryl/α,β-unsaturated/α-hetero) is 1. The van der Waals surface area contributed by atoms with Crippen LogP contribution in [0.2, 0.25) is 36.3 Å². The lowest BCUT2D eigenvalue weighted by molar-refractivity contribution is -0.120. The summed E-state index contributed by atoms with van der Waals surface area (Å²) in [5, 5.41) is 0.300. The Morgan fingerprint density at radius 1 is 0.920 bits per heavy atom. The molecule has 0 N–H and O–H groups in total. The van der Waals surface area contributed by atoms with Gasteiger partial charge in [0.25, 0.3) is 0 Å². The molecule has 0 bridgehead atoms. The van der Waals surface area contributed by atoms with Gasteiger partial charge in [0.05, 0.1) is 17.6 Å². The van der Waals surface area contributed by atoms with Crippen molar-refractivity contribution in [2.24, 2.45) is 17.3 Å². The predicted molar refractivity (Wildman–Crippen MR) is 218 cm³/mol. The fourth-order valence-corrected chi connectivity index (χ4v) is 11.6. The lowest BCUT2D eigenvalue weighted by Gasteiger charge is -2.45. The summed E-state index contributed by atoms with van der Waals surface area (Å²) in [5.74, 6) is 1.53. The van der Waals surface area contributed by atoms with E-state index in [0.717, 1.165) is 31.3 Å². The van der Waals surface area contributed by atoms with Crippen LogP contribution in [0.1, 0.15) is 125 Å². The molecule has 0 saturated heterocycles. The van der Waals surface area contributed by atoms with Gasteiger partial charge in [0.15, 0.2) is 16.6 Å². The summed E-state index contributed by atoms with van der Waals surface area (Å²) < 4.78 is 14.2. The van der Waals surface area contributed by atoms with Gasteiger partial charge < -0.3 is 8.85 Å².